The molecular formula is C28H37N7O2. The van der Waals surface area contributed by atoms with Crippen molar-refractivity contribution in [2.45, 2.75) is 78.3 Å². The fourth-order valence-corrected chi connectivity index (χ4v) is 5.83. The summed E-state index contributed by atoms with van der Waals surface area (Å²) in [6, 6.07) is 7.20. The van der Waals surface area contributed by atoms with Crippen molar-refractivity contribution in [1.29, 1.82) is 0 Å². The Bertz CT molecular complexity index is 1220. The number of carbonyl (C=O) groups excluding carboxylic acids is 2. The third-order valence-electron chi connectivity index (χ3n) is 8.21. The highest BCUT2D eigenvalue weighted by molar-refractivity contribution is 6.00. The summed E-state index contributed by atoms with van der Waals surface area (Å²) < 4.78 is 1.60. The molecule has 3 aromatic rings. The van der Waals surface area contributed by atoms with Crippen LogP contribution in [0.4, 0.5) is 5.69 Å². The van der Waals surface area contributed by atoms with Gasteiger partial charge < -0.3 is 10.6 Å². The third kappa shape index (κ3) is 5.04. The van der Waals surface area contributed by atoms with Gasteiger partial charge in [0.15, 0.2) is 0 Å². The van der Waals surface area contributed by atoms with Gasteiger partial charge in [0.1, 0.15) is 11.7 Å². The first-order chi connectivity index (χ1) is 17.8. The minimum atomic E-state index is -0.614. The van der Waals surface area contributed by atoms with Gasteiger partial charge in [0.2, 0.25) is 5.91 Å². The van der Waals surface area contributed by atoms with Gasteiger partial charge in [-0.3, -0.25) is 14.7 Å². The molecule has 2 amide bonds. The smallest absolute Gasteiger partial charge is 0.271 e. The highest BCUT2D eigenvalue weighted by Crippen LogP contribution is 2.46. The van der Waals surface area contributed by atoms with Crippen LogP contribution in [-0.4, -0.2) is 43.0 Å². The number of aromatic nitrogens is 5. The number of nitrogens with one attached hydrogen (secondary N) is 3. The summed E-state index contributed by atoms with van der Waals surface area (Å²) in [7, 11) is 0. The molecule has 1 aromatic carbocycles. The average molecular weight is 504 g/mol. The molecule has 2 fully saturated rings. The quantitative estimate of drug-likeness (QED) is 0.387. The van der Waals surface area contributed by atoms with Gasteiger partial charge in [0, 0.05) is 23.0 Å². The zero-order valence-electron chi connectivity index (χ0n) is 22.1. The summed E-state index contributed by atoms with van der Waals surface area (Å²) in [6.07, 6.45) is 8.32. The molecule has 9 nitrogen and oxygen atoms in total. The molecule has 196 valence electrons. The van der Waals surface area contributed by atoms with Crippen LogP contribution in [0.3, 0.4) is 0 Å². The van der Waals surface area contributed by atoms with Gasteiger partial charge in [-0.2, -0.15) is 5.10 Å². The van der Waals surface area contributed by atoms with Crippen molar-refractivity contribution in [3.63, 3.8) is 0 Å². The monoisotopic (exact) mass is 503 g/mol. The Morgan fingerprint density at radius 1 is 1.03 bits per heavy atom. The molecule has 2 aromatic heterocycles. The second-order valence-corrected chi connectivity index (χ2v) is 10.9. The van der Waals surface area contributed by atoms with E-state index < -0.39 is 6.04 Å². The van der Waals surface area contributed by atoms with Crippen molar-refractivity contribution in [2.24, 2.45) is 17.8 Å². The SMILES string of the molecule is Cc1n[nH]c(C)c1-c1ccc(NC(=O)C(NC(=O)c2cnnn2C(C)C)C(C2CCC2)C2CCC2)cc1. The Morgan fingerprint density at radius 2 is 1.68 bits per heavy atom. The Kier molecular flexibility index (Phi) is 7.13. The fraction of sp³-hybridized carbons (Fsp3) is 0.536. The van der Waals surface area contributed by atoms with Crippen LogP contribution in [-0.2, 0) is 4.79 Å². The van der Waals surface area contributed by atoms with Crippen molar-refractivity contribution in [2.75, 3.05) is 5.32 Å². The number of amides is 2. The first-order valence-electron chi connectivity index (χ1n) is 13.5. The summed E-state index contributed by atoms with van der Waals surface area (Å²) in [5, 5.41) is 21.5. The van der Waals surface area contributed by atoms with E-state index in [0.717, 1.165) is 48.2 Å². The lowest BCUT2D eigenvalue weighted by atomic mass is 9.62. The fourth-order valence-electron chi connectivity index (χ4n) is 5.83. The maximum absolute atomic E-state index is 13.8. The Balaban J connectivity index is 1.39. The lowest BCUT2D eigenvalue weighted by Gasteiger charge is -2.46. The average Bonchev–Trinajstić information content (AvgIpc) is 3.42. The third-order valence-corrected chi connectivity index (χ3v) is 8.21. The van der Waals surface area contributed by atoms with E-state index in [1.807, 2.05) is 52.0 Å². The van der Waals surface area contributed by atoms with E-state index in [9.17, 15) is 9.59 Å². The number of hydrogen-bond acceptors (Lipinski definition) is 5. The normalized spacial score (nSPS) is 16.9. The first kappa shape index (κ1) is 25.2. The summed E-state index contributed by atoms with van der Waals surface area (Å²) >= 11 is 0. The van der Waals surface area contributed by atoms with E-state index in [0.29, 0.717) is 23.2 Å². The zero-order chi connectivity index (χ0) is 26.1. The molecule has 2 heterocycles. The number of nitrogens with zero attached hydrogens (tertiary/aromatic N) is 4. The van der Waals surface area contributed by atoms with Crippen molar-refractivity contribution < 1.29 is 9.59 Å². The molecule has 0 radical (unpaired) electrons. The number of benzene rings is 1. The molecule has 2 saturated carbocycles. The van der Waals surface area contributed by atoms with Crippen LogP contribution < -0.4 is 10.6 Å². The van der Waals surface area contributed by atoms with E-state index in [1.54, 1.807) is 4.68 Å². The molecular weight excluding hydrogens is 466 g/mol. The molecule has 1 atom stereocenters. The van der Waals surface area contributed by atoms with Crippen molar-refractivity contribution in [1.82, 2.24) is 30.5 Å². The van der Waals surface area contributed by atoms with Crippen molar-refractivity contribution >= 4 is 17.5 Å². The highest BCUT2D eigenvalue weighted by Gasteiger charge is 2.44. The van der Waals surface area contributed by atoms with Crippen LogP contribution in [0.5, 0.6) is 0 Å². The maximum atomic E-state index is 13.8. The number of rotatable bonds is 9. The number of aromatic amines is 1. The molecule has 9 heteroatoms. The lowest BCUT2D eigenvalue weighted by molar-refractivity contribution is -0.121. The second kappa shape index (κ2) is 10.5. The number of hydrogen-bond donors (Lipinski definition) is 3. The summed E-state index contributed by atoms with van der Waals surface area (Å²) in [6.45, 7) is 7.89. The van der Waals surface area contributed by atoms with E-state index in [1.165, 1.54) is 19.0 Å². The summed E-state index contributed by atoms with van der Waals surface area (Å²) in [5.74, 6) is 0.589. The van der Waals surface area contributed by atoms with Crippen LogP contribution in [0.1, 0.15) is 80.3 Å². The first-order valence-corrected chi connectivity index (χ1v) is 13.5. The Labute approximate surface area is 217 Å². The van der Waals surface area contributed by atoms with Gasteiger partial charge in [-0.25, -0.2) is 4.68 Å². The van der Waals surface area contributed by atoms with Crippen molar-refractivity contribution in [3.8, 4) is 11.1 Å². The van der Waals surface area contributed by atoms with Crippen LogP contribution in [0.15, 0.2) is 30.5 Å². The van der Waals surface area contributed by atoms with E-state index in [2.05, 4.69) is 31.1 Å². The molecule has 37 heavy (non-hydrogen) atoms. The number of aryl methyl sites for hydroxylation is 2. The van der Waals surface area contributed by atoms with Gasteiger partial charge in [-0.15, -0.1) is 5.10 Å². The van der Waals surface area contributed by atoms with Gasteiger partial charge in [-0.1, -0.05) is 55.9 Å². The van der Waals surface area contributed by atoms with Gasteiger partial charge >= 0.3 is 0 Å². The van der Waals surface area contributed by atoms with E-state index in [-0.39, 0.29) is 23.8 Å². The molecule has 3 N–H and O–H groups in total. The van der Waals surface area contributed by atoms with Gasteiger partial charge in [0.25, 0.3) is 5.91 Å². The van der Waals surface area contributed by atoms with Gasteiger partial charge in [0.05, 0.1) is 11.9 Å². The van der Waals surface area contributed by atoms with Crippen LogP contribution in [0.2, 0.25) is 0 Å². The van der Waals surface area contributed by atoms with Crippen LogP contribution in [0, 0.1) is 31.6 Å². The van der Waals surface area contributed by atoms with Crippen LogP contribution >= 0.6 is 0 Å². The number of carbonyl (C=O) groups is 2. The zero-order valence-corrected chi connectivity index (χ0v) is 22.1. The molecule has 5 rings (SSSR count). The molecule has 1 unspecified atom stereocenters. The topological polar surface area (TPSA) is 118 Å². The predicted octanol–water partition coefficient (Wildman–Crippen LogP) is 4.82. The predicted molar refractivity (Wildman–Crippen MR) is 142 cm³/mol. The van der Waals surface area contributed by atoms with Crippen LogP contribution in [0.25, 0.3) is 11.1 Å². The minimum absolute atomic E-state index is 0.00870. The number of anilines is 1. The summed E-state index contributed by atoms with van der Waals surface area (Å²) in [4.78, 5) is 27.2. The molecule has 2 aliphatic rings. The molecule has 2 aliphatic carbocycles. The van der Waals surface area contributed by atoms with Crippen molar-refractivity contribution in [3.05, 3.63) is 47.5 Å². The molecule has 0 aliphatic heterocycles. The van der Waals surface area contributed by atoms with Gasteiger partial charge in [-0.05, 0) is 63.1 Å². The standard InChI is InChI=1S/C28H37N7O2/c1-16(2)35-23(15-29-34-35)27(36)31-26(25(19-7-5-8-19)20-9-6-10-20)28(37)30-22-13-11-21(12-14-22)24-17(3)32-33-18(24)4/h11-16,19-20,25-26H,5-10H2,1-4H3,(H,30,37)(H,31,36)(H,32,33). The largest absolute Gasteiger partial charge is 0.339 e. The van der Waals surface area contributed by atoms with E-state index >= 15 is 0 Å². The molecule has 0 bridgehead atoms. The number of H-pyrrole nitrogens is 1. The maximum Gasteiger partial charge on any atom is 0.271 e. The van der Waals surface area contributed by atoms with E-state index in [4.69, 9.17) is 0 Å². The highest BCUT2D eigenvalue weighted by atomic mass is 16.2. The minimum Gasteiger partial charge on any atom is -0.339 e. The lowest BCUT2D eigenvalue weighted by Crippen LogP contribution is -2.54. The molecule has 0 spiro atoms. The molecule has 0 saturated heterocycles. The second-order valence-electron chi connectivity index (χ2n) is 10.9. The summed E-state index contributed by atoms with van der Waals surface area (Å²) in [5.41, 5.74) is 5.16. The Morgan fingerprint density at radius 3 is 2.19 bits per heavy atom. The Hall–Kier alpha value is -3.49.